The van der Waals surface area contributed by atoms with Crippen molar-refractivity contribution in [3.63, 3.8) is 0 Å². The highest BCUT2D eigenvalue weighted by Crippen LogP contribution is 2.40. The number of carbonyl (C=O) groups excluding carboxylic acids is 1. The van der Waals surface area contributed by atoms with Crippen LogP contribution in [0.25, 0.3) is 0 Å². The molecule has 3 rings (SSSR count). The van der Waals surface area contributed by atoms with Gasteiger partial charge in [0, 0.05) is 34.8 Å². The van der Waals surface area contributed by atoms with E-state index in [-0.39, 0.29) is 34.9 Å². The lowest BCUT2D eigenvalue weighted by atomic mass is 9.93. The monoisotopic (exact) mass is 640 g/mol. The van der Waals surface area contributed by atoms with Gasteiger partial charge in [-0.15, -0.1) is 0 Å². The third-order valence-electron chi connectivity index (χ3n) is 8.41. The van der Waals surface area contributed by atoms with Crippen LogP contribution in [0.4, 0.5) is 0 Å². The molecule has 0 saturated heterocycles. The van der Waals surface area contributed by atoms with Gasteiger partial charge in [-0.3, -0.25) is 4.79 Å². The highest BCUT2D eigenvalue weighted by atomic mass is 35.5. The molecule has 0 saturated carbocycles. The number of benzene rings is 3. The summed E-state index contributed by atoms with van der Waals surface area (Å²) in [6, 6.07) is 18.5. The molecule has 3 aromatic carbocycles. The quantitative estimate of drug-likeness (QED) is 0.139. The first-order chi connectivity index (χ1) is 20.5. The predicted octanol–water partition coefficient (Wildman–Crippen LogP) is 7.19. The number of aliphatic hydroxyl groups excluding tert-OH is 1. The van der Waals surface area contributed by atoms with Gasteiger partial charge in [0.1, 0.15) is 11.5 Å². The van der Waals surface area contributed by atoms with Crippen LogP contribution in [0.2, 0.25) is 23.2 Å². The molecular weight excluding hydrogens is 592 g/mol. The molecule has 3 aromatic rings. The van der Waals surface area contributed by atoms with Gasteiger partial charge in [-0.1, -0.05) is 50.6 Å². The average molecular weight is 641 g/mol. The molecule has 1 amide bonds. The second kappa shape index (κ2) is 14.9. The van der Waals surface area contributed by atoms with Crippen molar-refractivity contribution in [1.82, 2.24) is 10.6 Å². The maximum atomic E-state index is 13.0. The highest BCUT2D eigenvalue weighted by molar-refractivity contribution is 6.74. The first-order valence-corrected chi connectivity index (χ1v) is 18.4. The van der Waals surface area contributed by atoms with Gasteiger partial charge >= 0.3 is 0 Å². The van der Waals surface area contributed by atoms with Gasteiger partial charge < -0.3 is 30.0 Å². The van der Waals surface area contributed by atoms with Crippen molar-refractivity contribution in [3.05, 3.63) is 93.5 Å². The number of rotatable bonds is 14. The van der Waals surface area contributed by atoms with E-state index < -0.39 is 8.32 Å². The van der Waals surface area contributed by atoms with E-state index in [1.54, 1.807) is 19.2 Å². The number of phenols is 1. The summed E-state index contributed by atoms with van der Waals surface area (Å²) < 4.78 is 12.3. The van der Waals surface area contributed by atoms with Gasteiger partial charge in [0.2, 0.25) is 0 Å². The summed E-state index contributed by atoms with van der Waals surface area (Å²) in [5.41, 5.74) is 3.67. The lowest BCUT2D eigenvalue weighted by Gasteiger charge is -2.40. The van der Waals surface area contributed by atoms with Gasteiger partial charge in [0.15, 0.2) is 8.32 Å². The van der Waals surface area contributed by atoms with Crippen LogP contribution >= 0.6 is 11.6 Å². The van der Waals surface area contributed by atoms with Crippen LogP contribution in [-0.2, 0) is 23.9 Å². The van der Waals surface area contributed by atoms with Gasteiger partial charge in [-0.25, -0.2) is 0 Å². The number of hydrogen-bond donors (Lipinski definition) is 4. The molecule has 0 spiro atoms. The highest BCUT2D eigenvalue weighted by Gasteiger charge is 2.40. The topological polar surface area (TPSA) is 100 Å². The molecule has 1 atom stereocenters. The third-order valence-corrected chi connectivity index (χ3v) is 13.1. The van der Waals surface area contributed by atoms with Gasteiger partial charge in [-0.2, -0.15) is 0 Å². The molecule has 0 aliphatic heterocycles. The summed E-state index contributed by atoms with van der Waals surface area (Å²) in [6.45, 7) is 16.1. The summed E-state index contributed by atoms with van der Waals surface area (Å²) >= 11 is 6.14. The van der Waals surface area contributed by atoms with Crippen molar-refractivity contribution < 1.29 is 24.2 Å². The van der Waals surface area contributed by atoms with Crippen LogP contribution in [0.1, 0.15) is 73.3 Å². The molecule has 9 heteroatoms. The van der Waals surface area contributed by atoms with Crippen LogP contribution in [0.5, 0.6) is 11.5 Å². The number of methoxy groups -OCH3 is 1. The van der Waals surface area contributed by atoms with E-state index >= 15 is 0 Å². The number of aliphatic hydroxyl groups is 1. The van der Waals surface area contributed by atoms with Crippen LogP contribution in [0.15, 0.2) is 60.7 Å². The summed E-state index contributed by atoms with van der Waals surface area (Å²) in [5, 5.41) is 27.3. The minimum atomic E-state index is -2.15. The maximum absolute atomic E-state index is 13.0. The fourth-order valence-electron chi connectivity index (χ4n) is 4.81. The Hall–Kier alpha value is -2.88. The lowest BCUT2D eigenvalue weighted by molar-refractivity contribution is 0.0954. The van der Waals surface area contributed by atoms with Gasteiger partial charge in [0.05, 0.1) is 19.8 Å². The normalized spacial score (nSPS) is 13.0. The standard InChI is InChI=1S/C35H49ClN2O5Si/c1-34(2,3)44(7,8)43-32(25-12-14-30(40)28(19-25)23-39)22-38-35(4,5)21-24-10-9-11-27(18-24)33(41)37-17-16-26-20-29(36)13-15-31(26)42-6/h9-15,18-20,32,38-40H,16-17,21-23H2,1-8H3,(H,37,41)/t32-/m1/s1. The fourth-order valence-corrected chi connectivity index (χ4v) is 6.29. The zero-order valence-corrected chi connectivity index (χ0v) is 29.1. The van der Waals surface area contributed by atoms with Gasteiger partial charge in [-0.05, 0) is 104 Å². The molecule has 44 heavy (non-hydrogen) atoms. The molecule has 0 bridgehead atoms. The maximum Gasteiger partial charge on any atom is 0.251 e. The van der Waals surface area contributed by atoms with E-state index in [0.29, 0.717) is 42.1 Å². The SMILES string of the molecule is COc1ccc(Cl)cc1CCNC(=O)c1cccc(CC(C)(C)NC[C@@H](O[Si](C)(C)C(C)(C)C)c2ccc(O)c(CO)c2)c1. The summed E-state index contributed by atoms with van der Waals surface area (Å²) in [4.78, 5) is 13.0. The Morgan fingerprint density at radius 2 is 1.73 bits per heavy atom. The summed E-state index contributed by atoms with van der Waals surface area (Å²) in [5.74, 6) is 0.689. The van der Waals surface area contributed by atoms with E-state index in [0.717, 1.165) is 22.4 Å². The largest absolute Gasteiger partial charge is 0.508 e. The zero-order chi connectivity index (χ0) is 32.7. The number of ether oxygens (including phenoxy) is 1. The van der Waals surface area contributed by atoms with Crippen molar-refractivity contribution in [3.8, 4) is 11.5 Å². The van der Waals surface area contributed by atoms with Crippen molar-refractivity contribution >= 4 is 25.8 Å². The van der Waals surface area contributed by atoms with Crippen LogP contribution in [0.3, 0.4) is 0 Å². The minimum Gasteiger partial charge on any atom is -0.508 e. The Labute approximate surface area is 269 Å². The molecule has 0 radical (unpaired) electrons. The predicted molar refractivity (Wildman–Crippen MR) is 181 cm³/mol. The molecule has 0 aromatic heterocycles. The van der Waals surface area contributed by atoms with Crippen LogP contribution < -0.4 is 15.4 Å². The van der Waals surface area contributed by atoms with E-state index in [4.69, 9.17) is 20.8 Å². The van der Waals surface area contributed by atoms with E-state index in [1.807, 2.05) is 48.5 Å². The second-order valence-electron chi connectivity index (χ2n) is 13.5. The Kier molecular flexibility index (Phi) is 12.1. The van der Waals surface area contributed by atoms with E-state index in [2.05, 4.69) is 58.3 Å². The summed E-state index contributed by atoms with van der Waals surface area (Å²) in [7, 11) is -0.527. The van der Waals surface area contributed by atoms with Crippen molar-refractivity contribution in [2.45, 2.75) is 83.8 Å². The number of aromatic hydroxyl groups is 1. The third kappa shape index (κ3) is 9.81. The summed E-state index contributed by atoms with van der Waals surface area (Å²) in [6.07, 6.45) is 1.03. The van der Waals surface area contributed by atoms with Crippen molar-refractivity contribution in [2.75, 3.05) is 20.2 Å². The Bertz CT molecular complexity index is 1420. The number of carbonyl (C=O) groups is 1. The van der Waals surface area contributed by atoms with Crippen molar-refractivity contribution in [2.24, 2.45) is 0 Å². The number of hydrogen-bond acceptors (Lipinski definition) is 6. The Morgan fingerprint density at radius 1 is 1.00 bits per heavy atom. The van der Waals surface area contributed by atoms with E-state index in [1.165, 1.54) is 0 Å². The molecule has 0 unspecified atom stereocenters. The Morgan fingerprint density at radius 3 is 2.39 bits per heavy atom. The molecule has 7 nitrogen and oxygen atoms in total. The van der Waals surface area contributed by atoms with Crippen LogP contribution in [0, 0.1) is 0 Å². The second-order valence-corrected chi connectivity index (χ2v) is 18.7. The lowest BCUT2D eigenvalue weighted by Crippen LogP contribution is -2.47. The smallest absolute Gasteiger partial charge is 0.251 e. The van der Waals surface area contributed by atoms with Crippen LogP contribution in [-0.4, -0.2) is 50.2 Å². The first-order valence-electron chi connectivity index (χ1n) is 15.1. The molecule has 0 fully saturated rings. The molecule has 0 heterocycles. The molecule has 0 aliphatic carbocycles. The molecule has 0 aliphatic rings. The first kappa shape index (κ1) is 35.6. The zero-order valence-electron chi connectivity index (χ0n) is 27.4. The van der Waals surface area contributed by atoms with E-state index in [9.17, 15) is 15.0 Å². The average Bonchev–Trinajstić information content (AvgIpc) is 2.95. The fraction of sp³-hybridized carbons (Fsp3) is 0.457. The van der Waals surface area contributed by atoms with Gasteiger partial charge in [0.25, 0.3) is 5.91 Å². The molecule has 240 valence electrons. The Balaban J connectivity index is 1.69. The number of amides is 1. The van der Waals surface area contributed by atoms with Crippen molar-refractivity contribution in [1.29, 1.82) is 0 Å². The minimum absolute atomic E-state index is 0.0126. The molecule has 4 N–H and O–H groups in total. The number of nitrogens with one attached hydrogen (secondary N) is 2. The molecular formula is C35H49ClN2O5Si. The number of halogens is 1.